The van der Waals surface area contributed by atoms with Gasteiger partial charge in [0.1, 0.15) is 23.1 Å². The Kier molecular flexibility index (Phi) is 4.36. The normalized spacial score (nSPS) is 10.1. The van der Waals surface area contributed by atoms with E-state index in [9.17, 15) is 23.5 Å². The van der Waals surface area contributed by atoms with Crippen LogP contribution in [0, 0.1) is 11.6 Å². The summed E-state index contributed by atoms with van der Waals surface area (Å²) in [6, 6.07) is 6.53. The first kappa shape index (κ1) is 15.4. The number of methoxy groups -OCH3 is 1. The molecule has 0 spiro atoms. The van der Waals surface area contributed by atoms with E-state index in [-0.39, 0.29) is 11.1 Å². The number of benzene rings is 2. The molecule has 0 aliphatic heterocycles. The number of phenols is 1. The number of para-hydroxylation sites is 1. The topological polar surface area (TPSA) is 75.6 Å². The quantitative estimate of drug-likeness (QED) is 0.855. The third kappa shape index (κ3) is 3.03. The van der Waals surface area contributed by atoms with Gasteiger partial charge >= 0.3 is 5.97 Å². The van der Waals surface area contributed by atoms with Crippen molar-refractivity contribution in [2.45, 2.75) is 0 Å². The van der Waals surface area contributed by atoms with Crippen molar-refractivity contribution >= 4 is 17.6 Å². The van der Waals surface area contributed by atoms with Gasteiger partial charge in [0.2, 0.25) is 0 Å². The van der Waals surface area contributed by atoms with E-state index < -0.39 is 34.9 Å². The average Bonchev–Trinajstić information content (AvgIpc) is 2.50. The van der Waals surface area contributed by atoms with Gasteiger partial charge in [-0.05, 0) is 30.3 Å². The van der Waals surface area contributed by atoms with Crippen LogP contribution in [0.5, 0.6) is 5.75 Å². The van der Waals surface area contributed by atoms with Crippen LogP contribution < -0.4 is 5.32 Å². The molecule has 0 aliphatic rings. The van der Waals surface area contributed by atoms with Gasteiger partial charge in [-0.2, -0.15) is 0 Å². The number of nitrogens with one attached hydrogen (secondary N) is 1. The molecular weight excluding hydrogens is 296 g/mol. The number of rotatable bonds is 3. The van der Waals surface area contributed by atoms with Crippen LogP contribution in [0.2, 0.25) is 0 Å². The second-order valence-corrected chi connectivity index (χ2v) is 4.27. The van der Waals surface area contributed by atoms with Gasteiger partial charge in [0, 0.05) is 0 Å². The number of hydrogen-bond donors (Lipinski definition) is 2. The largest absolute Gasteiger partial charge is 0.507 e. The van der Waals surface area contributed by atoms with Gasteiger partial charge in [-0.1, -0.05) is 6.07 Å². The van der Waals surface area contributed by atoms with Crippen LogP contribution in [-0.2, 0) is 4.74 Å². The maximum Gasteiger partial charge on any atom is 0.337 e. The fraction of sp³-hybridized carbons (Fsp3) is 0.0667. The zero-order valence-corrected chi connectivity index (χ0v) is 11.4. The first-order chi connectivity index (χ1) is 10.4. The molecule has 2 aromatic rings. The van der Waals surface area contributed by atoms with Crippen molar-refractivity contribution in [1.82, 2.24) is 0 Å². The monoisotopic (exact) mass is 307 g/mol. The Morgan fingerprint density at radius 3 is 2.36 bits per heavy atom. The number of aromatic hydroxyl groups is 1. The summed E-state index contributed by atoms with van der Waals surface area (Å²) in [5.74, 6) is -4.05. The fourth-order valence-corrected chi connectivity index (χ4v) is 1.76. The second kappa shape index (κ2) is 6.21. The van der Waals surface area contributed by atoms with Crippen molar-refractivity contribution in [2.75, 3.05) is 12.4 Å². The highest BCUT2D eigenvalue weighted by molar-refractivity contribution is 6.07. The van der Waals surface area contributed by atoms with Crippen LogP contribution >= 0.6 is 0 Å². The van der Waals surface area contributed by atoms with Crippen molar-refractivity contribution < 1.29 is 28.2 Å². The first-order valence-electron chi connectivity index (χ1n) is 6.10. The fourth-order valence-electron chi connectivity index (χ4n) is 1.76. The molecule has 2 N–H and O–H groups in total. The summed E-state index contributed by atoms with van der Waals surface area (Å²) in [5, 5.41) is 11.7. The van der Waals surface area contributed by atoms with Gasteiger partial charge in [-0.25, -0.2) is 13.6 Å². The molecule has 0 atom stereocenters. The Labute approximate surface area is 124 Å². The highest BCUT2D eigenvalue weighted by Gasteiger charge is 2.18. The van der Waals surface area contributed by atoms with E-state index in [1.54, 1.807) is 0 Å². The Hall–Kier alpha value is -2.96. The van der Waals surface area contributed by atoms with Gasteiger partial charge in [0.15, 0.2) is 0 Å². The van der Waals surface area contributed by atoms with E-state index in [1.807, 2.05) is 5.32 Å². The zero-order valence-electron chi connectivity index (χ0n) is 11.4. The van der Waals surface area contributed by atoms with Crippen molar-refractivity contribution in [1.29, 1.82) is 0 Å². The lowest BCUT2D eigenvalue weighted by atomic mass is 10.1. The summed E-state index contributed by atoms with van der Waals surface area (Å²) in [6.45, 7) is 0. The molecule has 7 heteroatoms. The predicted molar refractivity (Wildman–Crippen MR) is 73.8 cm³/mol. The molecule has 2 aromatic carbocycles. The smallest absolute Gasteiger partial charge is 0.337 e. The number of anilines is 1. The molecule has 0 aromatic heterocycles. The van der Waals surface area contributed by atoms with Crippen molar-refractivity contribution in [2.24, 2.45) is 0 Å². The molecule has 0 heterocycles. The third-order valence-electron chi connectivity index (χ3n) is 2.86. The minimum Gasteiger partial charge on any atom is -0.507 e. The Morgan fingerprint density at radius 1 is 1.14 bits per heavy atom. The van der Waals surface area contributed by atoms with Crippen LogP contribution in [0.1, 0.15) is 20.7 Å². The van der Waals surface area contributed by atoms with E-state index in [2.05, 4.69) is 4.74 Å². The summed E-state index contributed by atoms with van der Waals surface area (Å²) in [7, 11) is 1.16. The molecular formula is C15H11F2NO4. The Bertz CT molecular complexity index is 726. The highest BCUT2D eigenvalue weighted by atomic mass is 19.1. The lowest BCUT2D eigenvalue weighted by Gasteiger charge is -2.09. The van der Waals surface area contributed by atoms with Gasteiger partial charge in [0.25, 0.3) is 5.91 Å². The zero-order chi connectivity index (χ0) is 16.3. The molecule has 0 fully saturated rings. The van der Waals surface area contributed by atoms with E-state index in [1.165, 1.54) is 6.07 Å². The number of halogens is 2. The molecule has 0 unspecified atom stereocenters. The maximum atomic E-state index is 13.5. The van der Waals surface area contributed by atoms with E-state index in [4.69, 9.17) is 0 Å². The lowest BCUT2D eigenvalue weighted by molar-refractivity contribution is 0.0600. The minimum atomic E-state index is -0.966. The summed E-state index contributed by atoms with van der Waals surface area (Å²) >= 11 is 0. The van der Waals surface area contributed by atoms with Gasteiger partial charge in [-0.15, -0.1) is 0 Å². The number of amides is 1. The third-order valence-corrected chi connectivity index (χ3v) is 2.86. The Morgan fingerprint density at radius 2 is 1.77 bits per heavy atom. The number of hydrogen-bond acceptors (Lipinski definition) is 4. The molecule has 114 valence electrons. The molecule has 0 aliphatic carbocycles. The van der Waals surface area contributed by atoms with Crippen molar-refractivity contribution in [3.63, 3.8) is 0 Å². The average molecular weight is 307 g/mol. The molecule has 0 bridgehead atoms. The molecule has 2 rings (SSSR count). The number of phenolic OH excluding ortho intramolecular Hbond substituents is 1. The number of carbonyl (C=O) groups excluding carboxylic acids is 2. The molecule has 22 heavy (non-hydrogen) atoms. The summed E-state index contributed by atoms with van der Waals surface area (Å²) in [4.78, 5) is 23.5. The van der Waals surface area contributed by atoms with E-state index >= 15 is 0 Å². The highest BCUT2D eigenvalue weighted by Crippen LogP contribution is 2.23. The predicted octanol–water partition coefficient (Wildman–Crippen LogP) is 2.71. The minimum absolute atomic E-state index is 0.0134. The standard InChI is InChI=1S/C15H11F2NO4/c1-22-15(21)8-5-6-12(19)9(7-8)14(20)18-13-10(16)3-2-4-11(13)17/h2-7,19H,1H3,(H,18,20). The summed E-state index contributed by atoms with van der Waals surface area (Å²) < 4.78 is 31.5. The van der Waals surface area contributed by atoms with Crippen LogP contribution in [0.25, 0.3) is 0 Å². The Balaban J connectivity index is 2.35. The second-order valence-electron chi connectivity index (χ2n) is 4.27. The van der Waals surface area contributed by atoms with Crippen LogP contribution in [0.15, 0.2) is 36.4 Å². The van der Waals surface area contributed by atoms with Gasteiger partial charge in [-0.3, -0.25) is 4.79 Å². The van der Waals surface area contributed by atoms with Crippen LogP contribution in [0.3, 0.4) is 0 Å². The molecule has 0 saturated heterocycles. The maximum absolute atomic E-state index is 13.5. The number of ether oxygens (including phenoxy) is 1. The van der Waals surface area contributed by atoms with Crippen LogP contribution in [0.4, 0.5) is 14.5 Å². The summed E-state index contributed by atoms with van der Waals surface area (Å²) in [6.07, 6.45) is 0. The van der Waals surface area contributed by atoms with Crippen molar-refractivity contribution in [3.8, 4) is 5.75 Å². The lowest BCUT2D eigenvalue weighted by Crippen LogP contribution is -2.15. The first-order valence-corrected chi connectivity index (χ1v) is 6.10. The number of esters is 1. The van der Waals surface area contributed by atoms with Crippen LogP contribution in [-0.4, -0.2) is 24.1 Å². The summed E-state index contributed by atoms with van der Waals surface area (Å²) in [5.41, 5.74) is -0.944. The molecule has 5 nitrogen and oxygen atoms in total. The molecule has 1 amide bonds. The number of carbonyl (C=O) groups is 2. The van der Waals surface area contributed by atoms with E-state index in [0.29, 0.717) is 0 Å². The van der Waals surface area contributed by atoms with Gasteiger partial charge in [0.05, 0.1) is 18.2 Å². The molecule has 0 saturated carbocycles. The van der Waals surface area contributed by atoms with E-state index in [0.717, 1.165) is 37.4 Å². The SMILES string of the molecule is COC(=O)c1ccc(O)c(C(=O)Nc2c(F)cccc2F)c1. The van der Waals surface area contributed by atoms with Gasteiger partial charge < -0.3 is 15.2 Å². The van der Waals surface area contributed by atoms with Crippen molar-refractivity contribution in [3.05, 3.63) is 59.2 Å². The molecule has 0 radical (unpaired) electrons.